The number of esters is 1. The molecule has 1 aliphatic carbocycles. The van der Waals surface area contributed by atoms with Crippen LogP contribution in [0.15, 0.2) is 0 Å². The lowest BCUT2D eigenvalue weighted by atomic mass is 9.67. The summed E-state index contributed by atoms with van der Waals surface area (Å²) >= 11 is 0. The van der Waals surface area contributed by atoms with E-state index in [0.717, 1.165) is 32.1 Å². The Morgan fingerprint density at radius 3 is 2.50 bits per heavy atom. The van der Waals surface area contributed by atoms with Crippen molar-refractivity contribution < 1.29 is 14.6 Å². The summed E-state index contributed by atoms with van der Waals surface area (Å²) in [7, 11) is 0. The van der Waals surface area contributed by atoms with Crippen LogP contribution < -0.4 is 0 Å². The lowest BCUT2D eigenvalue weighted by Crippen LogP contribution is -2.50. The number of aliphatic hydroxyl groups is 1. The molecule has 0 radical (unpaired) electrons. The lowest BCUT2D eigenvalue weighted by molar-refractivity contribution is -0.177. The molecule has 0 aromatic carbocycles. The Morgan fingerprint density at radius 2 is 1.94 bits per heavy atom. The average molecular weight is 256 g/mol. The molecule has 106 valence electrons. The second-order valence-electron chi connectivity index (χ2n) is 5.45. The fourth-order valence-corrected chi connectivity index (χ4v) is 3.40. The van der Waals surface area contributed by atoms with Crippen LogP contribution in [0.2, 0.25) is 0 Å². The van der Waals surface area contributed by atoms with Crippen LogP contribution in [0, 0.1) is 11.8 Å². The van der Waals surface area contributed by atoms with Crippen LogP contribution in [0.1, 0.15) is 65.7 Å². The Hall–Kier alpha value is -0.570. The molecule has 0 bridgehead atoms. The summed E-state index contributed by atoms with van der Waals surface area (Å²) in [6.45, 7) is 6.30. The van der Waals surface area contributed by atoms with Crippen LogP contribution in [0.4, 0.5) is 0 Å². The van der Waals surface area contributed by atoms with Gasteiger partial charge in [0, 0.05) is 5.92 Å². The summed E-state index contributed by atoms with van der Waals surface area (Å²) in [4.78, 5) is 12.1. The molecule has 0 heterocycles. The van der Waals surface area contributed by atoms with Crippen molar-refractivity contribution in [1.29, 1.82) is 0 Å². The quantitative estimate of drug-likeness (QED) is 0.742. The van der Waals surface area contributed by atoms with Crippen LogP contribution in [0.3, 0.4) is 0 Å². The molecule has 1 rings (SSSR count). The van der Waals surface area contributed by atoms with Gasteiger partial charge in [0.1, 0.15) is 0 Å². The zero-order valence-corrected chi connectivity index (χ0v) is 12.1. The molecular formula is C15H28O3. The number of hydrogen-bond acceptors (Lipinski definition) is 3. The minimum absolute atomic E-state index is 0.0789. The van der Waals surface area contributed by atoms with E-state index in [-0.39, 0.29) is 5.92 Å². The number of rotatable bonds is 6. The summed E-state index contributed by atoms with van der Waals surface area (Å²) in [6, 6.07) is 0. The molecule has 0 spiro atoms. The molecule has 0 saturated heterocycles. The largest absolute Gasteiger partial charge is 0.464 e. The van der Waals surface area contributed by atoms with Gasteiger partial charge in [0.15, 0.2) is 5.60 Å². The highest BCUT2D eigenvalue weighted by atomic mass is 16.5. The molecule has 3 nitrogen and oxygen atoms in total. The van der Waals surface area contributed by atoms with Crippen molar-refractivity contribution in [2.75, 3.05) is 6.61 Å². The topological polar surface area (TPSA) is 46.5 Å². The molecule has 3 heteroatoms. The predicted molar refractivity (Wildman–Crippen MR) is 72.2 cm³/mol. The van der Waals surface area contributed by atoms with E-state index in [9.17, 15) is 9.90 Å². The molecule has 3 unspecified atom stereocenters. The van der Waals surface area contributed by atoms with E-state index in [1.54, 1.807) is 6.92 Å². The Kier molecular flexibility index (Phi) is 6.13. The third-order valence-corrected chi connectivity index (χ3v) is 4.31. The van der Waals surface area contributed by atoms with Crippen molar-refractivity contribution >= 4 is 5.97 Å². The summed E-state index contributed by atoms with van der Waals surface area (Å²) in [5, 5.41) is 10.9. The van der Waals surface area contributed by atoms with Crippen molar-refractivity contribution in [1.82, 2.24) is 0 Å². The van der Waals surface area contributed by atoms with Gasteiger partial charge in [-0.05, 0) is 25.7 Å². The maximum Gasteiger partial charge on any atom is 0.338 e. The zero-order chi connectivity index (χ0) is 13.6. The van der Waals surface area contributed by atoms with Crippen molar-refractivity contribution in [2.24, 2.45) is 11.8 Å². The van der Waals surface area contributed by atoms with E-state index in [1.165, 1.54) is 6.42 Å². The molecular weight excluding hydrogens is 228 g/mol. The van der Waals surface area contributed by atoms with Gasteiger partial charge in [0.25, 0.3) is 0 Å². The minimum atomic E-state index is -1.26. The van der Waals surface area contributed by atoms with Crippen LogP contribution >= 0.6 is 0 Å². The molecule has 0 amide bonds. The van der Waals surface area contributed by atoms with E-state index in [4.69, 9.17) is 4.74 Å². The van der Waals surface area contributed by atoms with Crippen LogP contribution in [-0.4, -0.2) is 23.3 Å². The van der Waals surface area contributed by atoms with Crippen molar-refractivity contribution in [3.8, 4) is 0 Å². The maximum atomic E-state index is 12.1. The van der Waals surface area contributed by atoms with Crippen molar-refractivity contribution in [3.05, 3.63) is 0 Å². The highest BCUT2D eigenvalue weighted by molar-refractivity contribution is 5.79. The van der Waals surface area contributed by atoms with Gasteiger partial charge in [-0.1, -0.05) is 46.0 Å². The number of carbonyl (C=O) groups excluding carboxylic acids is 1. The van der Waals surface area contributed by atoms with E-state index >= 15 is 0 Å². The lowest BCUT2D eigenvalue weighted by Gasteiger charge is -2.41. The molecule has 3 atom stereocenters. The molecule has 1 N–H and O–H groups in total. The van der Waals surface area contributed by atoms with Gasteiger partial charge in [0.05, 0.1) is 6.61 Å². The summed E-state index contributed by atoms with van der Waals surface area (Å²) in [6.07, 6.45) is 6.79. The molecule has 1 fully saturated rings. The Bertz CT molecular complexity index is 264. The second-order valence-corrected chi connectivity index (χ2v) is 5.45. The fraction of sp³-hybridized carbons (Fsp3) is 0.933. The van der Waals surface area contributed by atoms with Gasteiger partial charge in [-0.3, -0.25) is 0 Å². The highest BCUT2D eigenvalue weighted by Gasteiger charge is 2.47. The monoisotopic (exact) mass is 256 g/mol. The summed E-state index contributed by atoms with van der Waals surface area (Å²) in [5.74, 6) is 0.132. The molecule has 1 saturated carbocycles. The van der Waals surface area contributed by atoms with Gasteiger partial charge in [-0.15, -0.1) is 0 Å². The number of carbonyl (C=O) groups is 1. The fourth-order valence-electron chi connectivity index (χ4n) is 3.40. The smallest absolute Gasteiger partial charge is 0.338 e. The van der Waals surface area contributed by atoms with Crippen molar-refractivity contribution in [2.45, 2.75) is 71.3 Å². The molecule has 0 aromatic heterocycles. The SMILES string of the molecule is CCCC(O)(C(=O)OCC)C1CCCCC1CC. The third kappa shape index (κ3) is 3.25. The highest BCUT2D eigenvalue weighted by Crippen LogP contribution is 2.41. The normalized spacial score (nSPS) is 27.6. The first-order chi connectivity index (χ1) is 8.60. The Labute approximate surface area is 111 Å². The van der Waals surface area contributed by atoms with Crippen LogP contribution in [0.5, 0.6) is 0 Å². The van der Waals surface area contributed by atoms with E-state index in [0.29, 0.717) is 18.9 Å². The predicted octanol–water partition coefficient (Wildman–Crippen LogP) is 3.30. The molecule has 18 heavy (non-hydrogen) atoms. The molecule has 0 aromatic rings. The van der Waals surface area contributed by atoms with Crippen molar-refractivity contribution in [3.63, 3.8) is 0 Å². The molecule has 1 aliphatic rings. The van der Waals surface area contributed by atoms with Gasteiger partial charge in [0.2, 0.25) is 0 Å². The average Bonchev–Trinajstić information content (AvgIpc) is 2.39. The molecule has 0 aliphatic heterocycles. The van der Waals surface area contributed by atoms with Gasteiger partial charge in [-0.2, -0.15) is 0 Å². The Balaban J connectivity index is 2.89. The van der Waals surface area contributed by atoms with E-state index in [1.807, 2.05) is 6.92 Å². The minimum Gasteiger partial charge on any atom is -0.464 e. The van der Waals surface area contributed by atoms with Gasteiger partial charge < -0.3 is 9.84 Å². The number of hydrogen-bond donors (Lipinski definition) is 1. The summed E-state index contributed by atoms with van der Waals surface area (Å²) < 4.78 is 5.12. The Morgan fingerprint density at radius 1 is 1.28 bits per heavy atom. The third-order valence-electron chi connectivity index (χ3n) is 4.31. The summed E-state index contributed by atoms with van der Waals surface area (Å²) in [5.41, 5.74) is -1.26. The first-order valence-corrected chi connectivity index (χ1v) is 7.49. The van der Waals surface area contributed by atoms with Gasteiger partial charge in [-0.25, -0.2) is 4.79 Å². The first kappa shape index (κ1) is 15.5. The zero-order valence-electron chi connectivity index (χ0n) is 12.1. The van der Waals surface area contributed by atoms with Crippen LogP contribution in [-0.2, 0) is 9.53 Å². The van der Waals surface area contributed by atoms with Crippen LogP contribution in [0.25, 0.3) is 0 Å². The van der Waals surface area contributed by atoms with E-state index in [2.05, 4.69) is 6.92 Å². The first-order valence-electron chi connectivity index (χ1n) is 7.49. The van der Waals surface area contributed by atoms with Gasteiger partial charge >= 0.3 is 5.97 Å². The number of ether oxygens (including phenoxy) is 1. The second kappa shape index (κ2) is 7.13. The van der Waals surface area contributed by atoms with E-state index < -0.39 is 11.6 Å². The standard InChI is InChI=1S/C15H28O3/c1-4-11-15(17,14(16)18-6-3)13-10-8-7-9-12(13)5-2/h12-13,17H,4-11H2,1-3H3. The maximum absolute atomic E-state index is 12.1.